The molecule has 28 heavy (non-hydrogen) atoms. The fraction of sp³-hybridized carbons (Fsp3) is 0.400. The lowest BCUT2D eigenvalue weighted by Crippen LogP contribution is -2.49. The van der Waals surface area contributed by atoms with Crippen molar-refractivity contribution in [1.29, 1.82) is 0 Å². The van der Waals surface area contributed by atoms with E-state index in [0.717, 1.165) is 24.0 Å². The summed E-state index contributed by atoms with van der Waals surface area (Å²) in [5.41, 5.74) is 1.81. The summed E-state index contributed by atoms with van der Waals surface area (Å²) in [6.45, 7) is 0. The fourth-order valence-electron chi connectivity index (χ4n) is 4.44. The molecular formula is C20H22ClNO4S2. The average molecular weight is 440 g/mol. The maximum atomic E-state index is 13.3. The molecule has 0 amide bonds. The van der Waals surface area contributed by atoms with Crippen molar-refractivity contribution in [1.82, 2.24) is 4.31 Å². The van der Waals surface area contributed by atoms with Crippen LogP contribution in [0.15, 0.2) is 53.4 Å². The summed E-state index contributed by atoms with van der Waals surface area (Å²) in [5, 5.41) is 0.182. The molecule has 2 atom stereocenters. The van der Waals surface area contributed by atoms with E-state index >= 15 is 0 Å². The first kappa shape index (κ1) is 19.9. The van der Waals surface area contributed by atoms with Crippen LogP contribution in [0, 0.1) is 0 Å². The molecule has 2 heterocycles. The summed E-state index contributed by atoms with van der Waals surface area (Å²) in [6, 6.07) is 13.7. The van der Waals surface area contributed by atoms with Gasteiger partial charge in [-0.15, -0.1) is 0 Å². The zero-order chi connectivity index (χ0) is 20.1. The van der Waals surface area contributed by atoms with Crippen molar-refractivity contribution >= 4 is 31.5 Å². The fourth-order valence-corrected chi connectivity index (χ4v) is 7.66. The Labute approximate surface area is 171 Å². The van der Waals surface area contributed by atoms with Gasteiger partial charge in [-0.2, -0.15) is 4.31 Å². The van der Waals surface area contributed by atoms with Crippen molar-refractivity contribution in [3.8, 4) is 11.1 Å². The van der Waals surface area contributed by atoms with Crippen LogP contribution >= 0.6 is 11.6 Å². The largest absolute Gasteiger partial charge is 0.243 e. The first-order valence-electron chi connectivity index (χ1n) is 9.24. The van der Waals surface area contributed by atoms with Gasteiger partial charge in [0.15, 0.2) is 0 Å². The first-order valence-corrected chi connectivity index (χ1v) is 13.0. The highest BCUT2D eigenvalue weighted by Gasteiger charge is 2.49. The quantitative estimate of drug-likeness (QED) is 0.727. The van der Waals surface area contributed by atoms with Crippen LogP contribution in [0.1, 0.15) is 25.7 Å². The van der Waals surface area contributed by atoms with Gasteiger partial charge in [-0.05, 0) is 61.1 Å². The van der Waals surface area contributed by atoms with Crippen LogP contribution in [0.25, 0.3) is 11.1 Å². The molecule has 2 bridgehead atoms. The number of sulfone groups is 1. The minimum atomic E-state index is -3.66. The molecular weight excluding hydrogens is 418 g/mol. The first-order chi connectivity index (χ1) is 13.2. The van der Waals surface area contributed by atoms with E-state index in [4.69, 9.17) is 11.6 Å². The van der Waals surface area contributed by atoms with E-state index in [9.17, 15) is 16.8 Å². The third-order valence-electron chi connectivity index (χ3n) is 5.82. The lowest BCUT2D eigenvalue weighted by Gasteiger charge is -2.37. The highest BCUT2D eigenvalue weighted by atomic mass is 35.5. The van der Waals surface area contributed by atoms with E-state index < -0.39 is 25.1 Å². The minimum Gasteiger partial charge on any atom is -0.229 e. The molecule has 0 radical (unpaired) electrons. The molecule has 0 N–H and O–H groups in total. The van der Waals surface area contributed by atoms with Gasteiger partial charge in [0.2, 0.25) is 10.0 Å². The molecule has 150 valence electrons. The monoisotopic (exact) mass is 439 g/mol. The van der Waals surface area contributed by atoms with E-state index in [-0.39, 0.29) is 17.0 Å². The maximum Gasteiger partial charge on any atom is 0.243 e. The number of halogens is 1. The highest BCUT2D eigenvalue weighted by Crippen LogP contribution is 2.41. The molecule has 2 fully saturated rings. The van der Waals surface area contributed by atoms with Gasteiger partial charge in [0.1, 0.15) is 9.84 Å². The Morgan fingerprint density at radius 2 is 1.50 bits per heavy atom. The number of fused-ring (bicyclic) bond motifs is 2. The number of nitrogens with zero attached hydrogens (tertiary/aromatic N) is 1. The normalized spacial score (nSPS) is 25.7. The standard InChI is InChI=1S/C20H22ClNO4S2/c1-27(23,24)20-12-17-7-8-18(13-20)22(17)28(25,26)19-9-5-14(6-10-19)15-3-2-4-16(21)11-15/h2-6,9-11,17-18,20H,7-8,12-13H2,1H3. The summed E-state index contributed by atoms with van der Waals surface area (Å²) in [7, 11) is -6.82. The Morgan fingerprint density at radius 1 is 0.893 bits per heavy atom. The van der Waals surface area contributed by atoms with Gasteiger partial charge in [0.05, 0.1) is 10.1 Å². The summed E-state index contributed by atoms with van der Waals surface area (Å²) in [4.78, 5) is 0.244. The second kappa shape index (κ2) is 7.13. The molecule has 2 aliphatic heterocycles. The minimum absolute atomic E-state index is 0.240. The van der Waals surface area contributed by atoms with Crippen LogP contribution in [-0.4, -0.2) is 44.7 Å². The van der Waals surface area contributed by atoms with Gasteiger partial charge < -0.3 is 0 Å². The molecule has 2 aromatic rings. The number of benzene rings is 2. The Kier molecular flexibility index (Phi) is 5.06. The van der Waals surface area contributed by atoms with Crippen LogP contribution in [0.3, 0.4) is 0 Å². The van der Waals surface area contributed by atoms with Crippen LogP contribution in [0.4, 0.5) is 0 Å². The zero-order valence-corrected chi connectivity index (χ0v) is 17.8. The highest BCUT2D eigenvalue weighted by molar-refractivity contribution is 7.91. The van der Waals surface area contributed by atoms with Gasteiger partial charge in [-0.1, -0.05) is 35.9 Å². The topological polar surface area (TPSA) is 71.5 Å². The van der Waals surface area contributed by atoms with Crippen molar-refractivity contribution in [3.05, 3.63) is 53.6 Å². The Morgan fingerprint density at radius 3 is 2.04 bits per heavy atom. The Bertz CT molecular complexity index is 1080. The average Bonchev–Trinajstić information content (AvgIpc) is 2.92. The Balaban J connectivity index is 1.61. The smallest absolute Gasteiger partial charge is 0.229 e. The van der Waals surface area contributed by atoms with Crippen molar-refractivity contribution < 1.29 is 16.8 Å². The number of sulfonamides is 1. The van der Waals surface area contributed by atoms with Crippen LogP contribution in [0.5, 0.6) is 0 Å². The van der Waals surface area contributed by atoms with Crippen molar-refractivity contribution in [2.24, 2.45) is 0 Å². The molecule has 0 aliphatic carbocycles. The van der Waals surface area contributed by atoms with Gasteiger partial charge in [0, 0.05) is 23.4 Å². The molecule has 8 heteroatoms. The second-order valence-corrected chi connectivity index (χ2v) is 12.3. The summed E-state index contributed by atoms with van der Waals surface area (Å²) in [6.07, 6.45) is 3.45. The number of piperidine rings is 1. The van der Waals surface area contributed by atoms with E-state index in [1.165, 1.54) is 6.26 Å². The third kappa shape index (κ3) is 3.61. The molecule has 0 aromatic heterocycles. The van der Waals surface area contributed by atoms with Gasteiger partial charge >= 0.3 is 0 Å². The predicted octanol–water partition coefficient (Wildman–Crippen LogP) is 3.74. The van der Waals surface area contributed by atoms with Gasteiger partial charge in [0.25, 0.3) is 0 Å². The van der Waals surface area contributed by atoms with Crippen LogP contribution in [0.2, 0.25) is 5.02 Å². The summed E-state index contributed by atoms with van der Waals surface area (Å²) >= 11 is 6.04. The second-order valence-electron chi connectivity index (χ2n) is 7.68. The molecule has 2 aromatic carbocycles. The van der Waals surface area contributed by atoms with E-state index in [2.05, 4.69) is 0 Å². The SMILES string of the molecule is CS(=O)(=O)C1CC2CCC(C1)N2S(=O)(=O)c1ccc(-c2cccc(Cl)c2)cc1. The van der Waals surface area contributed by atoms with Crippen molar-refractivity contribution in [2.45, 2.75) is 47.9 Å². The molecule has 5 nitrogen and oxygen atoms in total. The van der Waals surface area contributed by atoms with Crippen molar-refractivity contribution in [3.63, 3.8) is 0 Å². The molecule has 0 saturated carbocycles. The zero-order valence-electron chi connectivity index (χ0n) is 15.5. The van der Waals surface area contributed by atoms with Gasteiger partial charge in [-0.3, -0.25) is 0 Å². The summed E-state index contributed by atoms with van der Waals surface area (Å²) < 4.78 is 52.0. The number of rotatable bonds is 4. The predicted molar refractivity (Wildman–Crippen MR) is 111 cm³/mol. The van der Waals surface area contributed by atoms with Gasteiger partial charge in [-0.25, -0.2) is 16.8 Å². The van der Waals surface area contributed by atoms with Crippen LogP contribution in [-0.2, 0) is 19.9 Å². The molecule has 4 rings (SSSR count). The summed E-state index contributed by atoms with van der Waals surface area (Å²) in [5.74, 6) is 0. The Hall–Kier alpha value is -1.41. The molecule has 0 spiro atoms. The lowest BCUT2D eigenvalue weighted by molar-refractivity contribution is 0.249. The van der Waals surface area contributed by atoms with Crippen LogP contribution < -0.4 is 0 Å². The van der Waals surface area contributed by atoms with E-state index in [1.807, 2.05) is 18.2 Å². The number of hydrogen-bond donors (Lipinski definition) is 0. The van der Waals surface area contributed by atoms with Crippen molar-refractivity contribution in [2.75, 3.05) is 6.26 Å². The van der Waals surface area contributed by atoms with E-state index in [0.29, 0.717) is 17.9 Å². The third-order valence-corrected chi connectivity index (χ3v) is 9.67. The van der Waals surface area contributed by atoms with E-state index in [1.54, 1.807) is 34.6 Å². The molecule has 2 saturated heterocycles. The maximum absolute atomic E-state index is 13.3. The number of hydrogen-bond acceptors (Lipinski definition) is 4. The molecule has 2 unspecified atom stereocenters. The lowest BCUT2D eigenvalue weighted by atomic mass is 10.1. The molecule has 2 aliphatic rings.